The SMILES string of the molecule is [O-][n+]1c(-c2ccc(Br)cc2)nc2ccccc2c1-c1ccccc1. The first-order valence-corrected chi connectivity index (χ1v) is 8.37. The van der Waals surface area contributed by atoms with E-state index in [2.05, 4.69) is 20.9 Å². The monoisotopic (exact) mass is 376 g/mol. The second kappa shape index (κ2) is 6.06. The highest BCUT2D eigenvalue weighted by Gasteiger charge is 2.20. The Bertz CT molecular complexity index is 1010. The van der Waals surface area contributed by atoms with Crippen LogP contribution in [0.4, 0.5) is 0 Å². The molecule has 4 aromatic rings. The molecule has 0 saturated heterocycles. The third-order valence-electron chi connectivity index (χ3n) is 3.93. The van der Waals surface area contributed by atoms with Crippen LogP contribution in [0.15, 0.2) is 83.3 Å². The zero-order valence-electron chi connectivity index (χ0n) is 12.7. The molecular formula is C20H13BrN2O. The fraction of sp³-hybridized carbons (Fsp3) is 0. The number of para-hydroxylation sites is 1. The maximum absolute atomic E-state index is 13.1. The van der Waals surface area contributed by atoms with Crippen molar-refractivity contribution in [1.82, 2.24) is 4.98 Å². The fourth-order valence-corrected chi connectivity index (χ4v) is 3.06. The molecule has 0 N–H and O–H groups in total. The Hall–Kier alpha value is -2.72. The van der Waals surface area contributed by atoms with Gasteiger partial charge in [-0.05, 0) is 41.4 Å². The van der Waals surface area contributed by atoms with Gasteiger partial charge < -0.3 is 5.21 Å². The van der Waals surface area contributed by atoms with Crippen LogP contribution in [0.1, 0.15) is 0 Å². The minimum Gasteiger partial charge on any atom is -0.710 e. The summed E-state index contributed by atoms with van der Waals surface area (Å²) in [6, 6.07) is 25.0. The molecule has 116 valence electrons. The van der Waals surface area contributed by atoms with Crippen molar-refractivity contribution in [3.8, 4) is 22.6 Å². The van der Waals surface area contributed by atoms with Crippen LogP contribution in [0, 0.1) is 5.21 Å². The van der Waals surface area contributed by atoms with Crippen molar-refractivity contribution >= 4 is 26.8 Å². The van der Waals surface area contributed by atoms with Crippen molar-refractivity contribution in [2.45, 2.75) is 0 Å². The smallest absolute Gasteiger partial charge is 0.334 e. The highest BCUT2D eigenvalue weighted by molar-refractivity contribution is 9.10. The van der Waals surface area contributed by atoms with Gasteiger partial charge in [0.2, 0.25) is 0 Å². The molecular weight excluding hydrogens is 364 g/mol. The van der Waals surface area contributed by atoms with Crippen LogP contribution in [0.2, 0.25) is 0 Å². The molecule has 4 rings (SSSR count). The van der Waals surface area contributed by atoms with Crippen molar-refractivity contribution in [2.75, 3.05) is 0 Å². The lowest BCUT2D eigenvalue weighted by molar-refractivity contribution is -0.583. The molecule has 0 aliphatic rings. The van der Waals surface area contributed by atoms with Crippen LogP contribution in [0.5, 0.6) is 0 Å². The Morgan fingerprint density at radius 3 is 2.17 bits per heavy atom. The van der Waals surface area contributed by atoms with E-state index >= 15 is 0 Å². The maximum Gasteiger partial charge on any atom is 0.334 e. The van der Waals surface area contributed by atoms with Crippen LogP contribution in [0.3, 0.4) is 0 Å². The average molecular weight is 377 g/mol. The van der Waals surface area contributed by atoms with E-state index in [1.54, 1.807) is 0 Å². The lowest BCUT2D eigenvalue weighted by Gasteiger charge is -2.14. The van der Waals surface area contributed by atoms with Gasteiger partial charge in [0.1, 0.15) is 5.69 Å². The molecule has 1 heterocycles. The van der Waals surface area contributed by atoms with Crippen LogP contribution in [-0.4, -0.2) is 4.98 Å². The van der Waals surface area contributed by atoms with Crippen LogP contribution >= 0.6 is 15.9 Å². The predicted octanol–water partition coefficient (Wildman–Crippen LogP) is 4.96. The summed E-state index contributed by atoms with van der Waals surface area (Å²) in [6.45, 7) is 0. The standard InChI is InChI=1S/C20H13BrN2O/c21-16-12-10-15(11-13-16)20-22-18-9-5-4-8-17(18)19(23(20)24)14-6-2-1-3-7-14/h1-13H. The highest BCUT2D eigenvalue weighted by atomic mass is 79.9. The van der Waals surface area contributed by atoms with E-state index in [0.717, 1.165) is 31.2 Å². The van der Waals surface area contributed by atoms with Crippen LogP contribution < -0.4 is 4.73 Å². The summed E-state index contributed by atoms with van der Waals surface area (Å²) in [7, 11) is 0. The average Bonchev–Trinajstić information content (AvgIpc) is 2.63. The third-order valence-corrected chi connectivity index (χ3v) is 4.46. The molecule has 0 fully saturated rings. The van der Waals surface area contributed by atoms with E-state index in [1.165, 1.54) is 0 Å². The Labute approximate surface area is 147 Å². The summed E-state index contributed by atoms with van der Waals surface area (Å²) >= 11 is 3.42. The first kappa shape index (κ1) is 14.8. The van der Waals surface area contributed by atoms with Gasteiger partial charge in [0.15, 0.2) is 5.52 Å². The molecule has 0 aliphatic heterocycles. The number of benzene rings is 3. The number of fused-ring (bicyclic) bond motifs is 1. The van der Waals surface area contributed by atoms with Crippen molar-refractivity contribution in [2.24, 2.45) is 0 Å². The van der Waals surface area contributed by atoms with Gasteiger partial charge in [-0.3, -0.25) is 0 Å². The Kier molecular flexibility index (Phi) is 3.75. The van der Waals surface area contributed by atoms with Gasteiger partial charge in [-0.25, -0.2) is 4.73 Å². The number of nitrogens with zero attached hydrogens (tertiary/aromatic N) is 2. The molecule has 1 aromatic heterocycles. The molecule has 0 unspecified atom stereocenters. The topological polar surface area (TPSA) is 39.8 Å². The minimum absolute atomic E-state index is 0.403. The van der Waals surface area contributed by atoms with Gasteiger partial charge >= 0.3 is 5.82 Å². The Balaban J connectivity index is 2.06. The zero-order valence-corrected chi connectivity index (χ0v) is 14.3. The Morgan fingerprint density at radius 2 is 1.42 bits per heavy atom. The molecule has 0 atom stereocenters. The highest BCUT2D eigenvalue weighted by Crippen LogP contribution is 2.27. The van der Waals surface area contributed by atoms with Crippen molar-refractivity contribution in [1.29, 1.82) is 0 Å². The molecule has 0 aliphatic carbocycles. The molecule has 4 heteroatoms. The number of hydrogen-bond donors (Lipinski definition) is 0. The lowest BCUT2D eigenvalue weighted by atomic mass is 10.1. The number of rotatable bonds is 2. The first-order chi connectivity index (χ1) is 11.7. The van der Waals surface area contributed by atoms with Gasteiger partial charge in [0.25, 0.3) is 0 Å². The summed E-state index contributed by atoms with van der Waals surface area (Å²) < 4.78 is 1.90. The first-order valence-electron chi connectivity index (χ1n) is 7.58. The minimum atomic E-state index is 0.403. The molecule has 0 radical (unpaired) electrons. The largest absolute Gasteiger partial charge is 0.710 e. The van der Waals surface area contributed by atoms with E-state index in [0.29, 0.717) is 11.5 Å². The molecule has 3 nitrogen and oxygen atoms in total. The van der Waals surface area contributed by atoms with E-state index in [9.17, 15) is 5.21 Å². The van der Waals surface area contributed by atoms with Crippen LogP contribution in [0.25, 0.3) is 33.5 Å². The second-order valence-corrected chi connectivity index (χ2v) is 6.38. The van der Waals surface area contributed by atoms with Gasteiger partial charge in [-0.2, -0.15) is 0 Å². The fourth-order valence-electron chi connectivity index (χ4n) is 2.80. The third kappa shape index (κ3) is 2.55. The second-order valence-electron chi connectivity index (χ2n) is 5.47. The maximum atomic E-state index is 13.1. The van der Waals surface area contributed by atoms with Gasteiger partial charge in [-0.15, -0.1) is 0 Å². The predicted molar refractivity (Wildman–Crippen MR) is 99.3 cm³/mol. The summed E-state index contributed by atoms with van der Waals surface area (Å²) in [6.07, 6.45) is 0. The quantitative estimate of drug-likeness (QED) is 0.366. The van der Waals surface area contributed by atoms with E-state index in [-0.39, 0.29) is 0 Å². The number of hydrogen-bond acceptors (Lipinski definition) is 2. The van der Waals surface area contributed by atoms with E-state index in [1.807, 2.05) is 78.9 Å². The summed E-state index contributed by atoms with van der Waals surface area (Å²) in [5, 5.41) is 14.0. The molecule has 0 amide bonds. The van der Waals surface area contributed by atoms with E-state index in [4.69, 9.17) is 0 Å². The Morgan fingerprint density at radius 1 is 0.750 bits per heavy atom. The van der Waals surface area contributed by atoms with Crippen molar-refractivity contribution in [3.63, 3.8) is 0 Å². The van der Waals surface area contributed by atoms with E-state index < -0.39 is 0 Å². The number of halogens is 1. The summed E-state index contributed by atoms with van der Waals surface area (Å²) in [5.74, 6) is 0.403. The van der Waals surface area contributed by atoms with Gasteiger partial charge in [-0.1, -0.05) is 58.4 Å². The van der Waals surface area contributed by atoms with Gasteiger partial charge in [0.05, 0.1) is 10.9 Å². The lowest BCUT2D eigenvalue weighted by Crippen LogP contribution is -2.33. The molecule has 0 saturated carbocycles. The molecule has 24 heavy (non-hydrogen) atoms. The molecule has 0 spiro atoms. The van der Waals surface area contributed by atoms with Gasteiger partial charge in [0, 0.05) is 10.0 Å². The zero-order chi connectivity index (χ0) is 16.5. The van der Waals surface area contributed by atoms with Crippen LogP contribution in [-0.2, 0) is 0 Å². The summed E-state index contributed by atoms with van der Waals surface area (Å²) in [4.78, 5) is 4.60. The molecule has 0 bridgehead atoms. The number of aromatic nitrogens is 2. The van der Waals surface area contributed by atoms with Crippen molar-refractivity contribution < 1.29 is 4.73 Å². The van der Waals surface area contributed by atoms with Crippen molar-refractivity contribution in [3.05, 3.63) is 88.5 Å². The molecule has 3 aromatic carbocycles. The summed E-state index contributed by atoms with van der Waals surface area (Å²) in [5.41, 5.74) is 3.10. The normalized spacial score (nSPS) is 10.9.